The SMILES string of the molecule is c1ccc(-c2ccc(N(c3ccccc3)c3ccc(CCc4ccc(N(c5ccccc5)c5ccc(-c6ccccc6)cc5)cc4)cc3)cc2)cc1. The van der Waals surface area contributed by atoms with Gasteiger partial charge in [-0.05, 0) is 119 Å². The summed E-state index contributed by atoms with van der Waals surface area (Å²) in [5.41, 5.74) is 14.4. The Morgan fingerprint density at radius 3 is 0.750 bits per heavy atom. The molecule has 0 amide bonds. The summed E-state index contributed by atoms with van der Waals surface area (Å²) >= 11 is 0. The number of nitrogens with zero attached hydrogens (tertiary/aromatic N) is 2. The number of aryl methyl sites for hydroxylation is 2. The van der Waals surface area contributed by atoms with E-state index in [-0.39, 0.29) is 0 Å². The molecule has 0 N–H and O–H groups in total. The Morgan fingerprint density at radius 2 is 0.442 bits per heavy atom. The second-order valence-corrected chi connectivity index (χ2v) is 13.0. The van der Waals surface area contributed by atoms with Gasteiger partial charge in [0.15, 0.2) is 0 Å². The topological polar surface area (TPSA) is 6.48 Å². The Hall–Kier alpha value is -6.64. The summed E-state index contributed by atoms with van der Waals surface area (Å²) in [5, 5.41) is 0. The van der Waals surface area contributed by atoms with Crippen molar-refractivity contribution in [3.63, 3.8) is 0 Å². The van der Waals surface area contributed by atoms with Crippen LogP contribution in [0.4, 0.5) is 34.1 Å². The maximum absolute atomic E-state index is 2.32. The molecule has 0 fully saturated rings. The van der Waals surface area contributed by atoms with Crippen molar-refractivity contribution in [2.75, 3.05) is 9.80 Å². The molecule has 0 aliphatic carbocycles. The molecule has 0 radical (unpaired) electrons. The first kappa shape index (κ1) is 32.6. The first-order valence-corrected chi connectivity index (χ1v) is 18.0. The van der Waals surface area contributed by atoms with Crippen LogP contribution < -0.4 is 9.80 Å². The third-order valence-electron chi connectivity index (χ3n) is 9.59. The van der Waals surface area contributed by atoms with E-state index in [1.807, 2.05) is 0 Å². The summed E-state index contributed by atoms with van der Waals surface area (Å²) in [6.45, 7) is 0. The molecule has 0 aliphatic rings. The zero-order chi connectivity index (χ0) is 35.0. The fourth-order valence-electron chi connectivity index (χ4n) is 6.83. The Labute approximate surface area is 307 Å². The van der Waals surface area contributed by atoms with Crippen molar-refractivity contribution in [1.29, 1.82) is 0 Å². The average molecular weight is 669 g/mol. The van der Waals surface area contributed by atoms with Crippen molar-refractivity contribution in [3.8, 4) is 22.3 Å². The Morgan fingerprint density at radius 1 is 0.212 bits per heavy atom. The zero-order valence-corrected chi connectivity index (χ0v) is 29.1. The Balaban J connectivity index is 0.980. The van der Waals surface area contributed by atoms with Crippen LogP contribution in [0.15, 0.2) is 218 Å². The van der Waals surface area contributed by atoms with E-state index in [2.05, 4.69) is 228 Å². The fourth-order valence-corrected chi connectivity index (χ4v) is 6.83. The van der Waals surface area contributed by atoms with Gasteiger partial charge in [-0.1, -0.05) is 146 Å². The molecule has 250 valence electrons. The minimum absolute atomic E-state index is 0.972. The van der Waals surface area contributed by atoms with Crippen LogP contribution >= 0.6 is 0 Å². The first-order valence-electron chi connectivity index (χ1n) is 18.0. The standard InChI is InChI=1S/C50H40N2/c1-5-13-41(14-6-1)43-27-35-49(36-28-43)51(45-17-9-3-10-18-45)47-31-23-39(24-32-47)21-22-40-25-33-48(34-26-40)52(46-19-11-4-12-20-46)50-37-29-44(30-38-50)42-15-7-2-8-16-42/h1-20,23-38H,21-22H2. The number of benzene rings is 8. The summed E-state index contributed by atoms with van der Waals surface area (Å²) in [7, 11) is 0. The zero-order valence-electron chi connectivity index (χ0n) is 29.1. The van der Waals surface area contributed by atoms with E-state index < -0.39 is 0 Å². The summed E-state index contributed by atoms with van der Waals surface area (Å²) in [6, 6.07) is 78.1. The monoisotopic (exact) mass is 668 g/mol. The number of anilines is 6. The third kappa shape index (κ3) is 7.43. The Kier molecular flexibility index (Phi) is 9.70. The summed E-state index contributed by atoms with van der Waals surface area (Å²) in [4.78, 5) is 4.65. The molecule has 0 heterocycles. The van der Waals surface area contributed by atoms with Gasteiger partial charge in [-0.2, -0.15) is 0 Å². The van der Waals surface area contributed by atoms with Gasteiger partial charge in [-0.15, -0.1) is 0 Å². The van der Waals surface area contributed by atoms with Gasteiger partial charge in [-0.25, -0.2) is 0 Å². The molecule has 0 saturated carbocycles. The quantitative estimate of drug-likeness (QED) is 0.135. The van der Waals surface area contributed by atoms with Gasteiger partial charge in [-0.3, -0.25) is 0 Å². The van der Waals surface area contributed by atoms with Gasteiger partial charge >= 0.3 is 0 Å². The lowest BCUT2D eigenvalue weighted by atomic mass is 10.0. The Bertz CT molecular complexity index is 2110. The molecule has 0 aromatic heterocycles. The van der Waals surface area contributed by atoms with E-state index in [0.717, 1.165) is 47.0 Å². The molecule has 2 heteroatoms. The lowest BCUT2D eigenvalue weighted by Crippen LogP contribution is -2.10. The summed E-state index contributed by atoms with van der Waals surface area (Å²) in [6.07, 6.45) is 1.94. The average Bonchev–Trinajstić information content (AvgIpc) is 3.23. The summed E-state index contributed by atoms with van der Waals surface area (Å²) in [5.74, 6) is 0. The van der Waals surface area contributed by atoms with Gasteiger partial charge in [0.2, 0.25) is 0 Å². The van der Waals surface area contributed by atoms with E-state index in [9.17, 15) is 0 Å². The van der Waals surface area contributed by atoms with Crippen molar-refractivity contribution in [3.05, 3.63) is 230 Å². The molecule has 0 aliphatic heterocycles. The molecule has 8 aromatic carbocycles. The van der Waals surface area contributed by atoms with Crippen LogP contribution in [-0.2, 0) is 12.8 Å². The van der Waals surface area contributed by atoms with E-state index in [4.69, 9.17) is 0 Å². The molecule has 52 heavy (non-hydrogen) atoms. The predicted octanol–water partition coefficient (Wildman–Crippen LogP) is 13.7. The fraction of sp³-hybridized carbons (Fsp3) is 0.0400. The highest BCUT2D eigenvalue weighted by Gasteiger charge is 2.14. The van der Waals surface area contributed by atoms with Gasteiger partial charge in [0, 0.05) is 34.1 Å². The number of rotatable bonds is 11. The van der Waals surface area contributed by atoms with Gasteiger partial charge < -0.3 is 9.80 Å². The van der Waals surface area contributed by atoms with E-state index in [1.165, 1.54) is 33.4 Å². The minimum Gasteiger partial charge on any atom is -0.311 e. The molecule has 0 atom stereocenters. The molecule has 2 nitrogen and oxygen atoms in total. The molecule has 0 bridgehead atoms. The maximum Gasteiger partial charge on any atom is 0.0462 e. The second kappa shape index (κ2) is 15.5. The minimum atomic E-state index is 0.972. The predicted molar refractivity (Wildman–Crippen MR) is 221 cm³/mol. The molecule has 0 saturated heterocycles. The van der Waals surface area contributed by atoms with Crippen LogP contribution in [0.3, 0.4) is 0 Å². The largest absolute Gasteiger partial charge is 0.311 e. The van der Waals surface area contributed by atoms with Crippen molar-refractivity contribution in [2.45, 2.75) is 12.8 Å². The normalized spacial score (nSPS) is 10.8. The van der Waals surface area contributed by atoms with E-state index in [0.29, 0.717) is 0 Å². The van der Waals surface area contributed by atoms with Crippen LogP contribution in [0.5, 0.6) is 0 Å². The van der Waals surface area contributed by atoms with Crippen molar-refractivity contribution < 1.29 is 0 Å². The first-order chi connectivity index (χ1) is 25.8. The van der Waals surface area contributed by atoms with Gasteiger partial charge in [0.1, 0.15) is 0 Å². The van der Waals surface area contributed by atoms with E-state index >= 15 is 0 Å². The number of hydrogen-bond donors (Lipinski definition) is 0. The number of hydrogen-bond acceptors (Lipinski definition) is 2. The van der Waals surface area contributed by atoms with Crippen LogP contribution in [0, 0.1) is 0 Å². The van der Waals surface area contributed by atoms with Crippen LogP contribution in [0.2, 0.25) is 0 Å². The van der Waals surface area contributed by atoms with E-state index in [1.54, 1.807) is 0 Å². The van der Waals surface area contributed by atoms with Crippen molar-refractivity contribution >= 4 is 34.1 Å². The van der Waals surface area contributed by atoms with Gasteiger partial charge in [0.05, 0.1) is 0 Å². The molecule has 8 rings (SSSR count). The van der Waals surface area contributed by atoms with Crippen molar-refractivity contribution in [2.24, 2.45) is 0 Å². The van der Waals surface area contributed by atoms with Crippen molar-refractivity contribution in [1.82, 2.24) is 0 Å². The number of para-hydroxylation sites is 2. The molecule has 0 spiro atoms. The lowest BCUT2D eigenvalue weighted by Gasteiger charge is -2.26. The van der Waals surface area contributed by atoms with Crippen LogP contribution in [0.1, 0.15) is 11.1 Å². The molecule has 8 aromatic rings. The smallest absolute Gasteiger partial charge is 0.0462 e. The maximum atomic E-state index is 2.32. The van der Waals surface area contributed by atoms with Gasteiger partial charge in [0.25, 0.3) is 0 Å². The second-order valence-electron chi connectivity index (χ2n) is 13.0. The highest BCUT2D eigenvalue weighted by atomic mass is 15.1. The highest BCUT2D eigenvalue weighted by Crippen LogP contribution is 2.37. The molecule has 0 unspecified atom stereocenters. The third-order valence-corrected chi connectivity index (χ3v) is 9.59. The van der Waals surface area contributed by atoms with Crippen LogP contribution in [-0.4, -0.2) is 0 Å². The van der Waals surface area contributed by atoms with Crippen LogP contribution in [0.25, 0.3) is 22.3 Å². The molecular weight excluding hydrogens is 629 g/mol. The lowest BCUT2D eigenvalue weighted by molar-refractivity contribution is 0.959. The molecular formula is C50H40N2. The summed E-state index contributed by atoms with van der Waals surface area (Å²) < 4.78 is 0. The highest BCUT2D eigenvalue weighted by molar-refractivity contribution is 5.80.